The molecule has 0 saturated heterocycles. The van der Waals surface area contributed by atoms with Gasteiger partial charge in [-0.05, 0) is 42.5 Å². The highest BCUT2D eigenvalue weighted by Gasteiger charge is 2.17. The van der Waals surface area contributed by atoms with Crippen LogP contribution in [0.15, 0.2) is 63.8 Å². The normalized spacial score (nSPS) is 10.6. The van der Waals surface area contributed by atoms with Crippen LogP contribution >= 0.6 is 23.2 Å². The lowest BCUT2D eigenvalue weighted by Crippen LogP contribution is -2.33. The third-order valence-electron chi connectivity index (χ3n) is 3.31. The van der Waals surface area contributed by atoms with Crippen LogP contribution in [0.4, 0.5) is 10.5 Å². The van der Waals surface area contributed by atoms with E-state index in [1.54, 1.807) is 47.8 Å². The van der Waals surface area contributed by atoms with Crippen LogP contribution in [0.25, 0.3) is 0 Å². The van der Waals surface area contributed by atoms with E-state index < -0.39 is 0 Å². The second-order valence-corrected chi connectivity index (χ2v) is 5.89. The predicted molar refractivity (Wildman–Crippen MR) is 92.1 cm³/mol. The van der Waals surface area contributed by atoms with Crippen molar-refractivity contribution in [2.24, 2.45) is 0 Å². The van der Waals surface area contributed by atoms with Gasteiger partial charge in [0, 0.05) is 5.69 Å². The van der Waals surface area contributed by atoms with Crippen LogP contribution in [-0.4, -0.2) is 10.9 Å². The minimum absolute atomic E-state index is 0.304. The zero-order valence-electron chi connectivity index (χ0n) is 12.5. The van der Waals surface area contributed by atoms with E-state index in [4.69, 9.17) is 32.0 Å². The lowest BCUT2D eigenvalue weighted by atomic mass is 10.3. The highest BCUT2D eigenvalue weighted by Crippen LogP contribution is 2.25. The van der Waals surface area contributed by atoms with Gasteiger partial charge in [-0.2, -0.15) is 0 Å². The van der Waals surface area contributed by atoms with Crippen molar-refractivity contribution in [2.75, 3.05) is 5.32 Å². The summed E-state index contributed by atoms with van der Waals surface area (Å²) in [5.41, 5.74) is 0.554. The molecule has 0 aliphatic rings. The van der Waals surface area contributed by atoms with Gasteiger partial charge in [-0.3, -0.25) is 0 Å². The second-order valence-electron chi connectivity index (χ2n) is 5.07. The first kappa shape index (κ1) is 16.5. The maximum atomic E-state index is 12.6. The molecule has 124 valence electrons. The number of halogens is 2. The Labute approximate surface area is 148 Å². The minimum Gasteiger partial charge on any atom is -0.467 e. The molecule has 0 atom stereocenters. The lowest BCUT2D eigenvalue weighted by Gasteiger charge is -2.21. The number of hydrogen-bond donors (Lipinski definition) is 1. The Balaban J connectivity index is 1.75. The van der Waals surface area contributed by atoms with Gasteiger partial charge in [0.15, 0.2) is 0 Å². The number of furan rings is 2. The predicted octanol–water partition coefficient (Wildman–Crippen LogP) is 5.41. The number of amides is 2. The zero-order valence-corrected chi connectivity index (χ0v) is 14.1. The van der Waals surface area contributed by atoms with Crippen LogP contribution in [0, 0.1) is 0 Å². The molecule has 1 aromatic carbocycles. The van der Waals surface area contributed by atoms with Gasteiger partial charge in [0.05, 0.1) is 35.7 Å². The number of nitrogens with zero attached hydrogens (tertiary/aromatic N) is 1. The van der Waals surface area contributed by atoms with Gasteiger partial charge in [-0.1, -0.05) is 23.2 Å². The van der Waals surface area contributed by atoms with Crippen LogP contribution < -0.4 is 5.32 Å². The Morgan fingerprint density at radius 1 is 0.958 bits per heavy atom. The largest absolute Gasteiger partial charge is 0.467 e. The van der Waals surface area contributed by atoms with E-state index in [0.29, 0.717) is 40.3 Å². The Morgan fingerprint density at radius 2 is 1.58 bits per heavy atom. The van der Waals surface area contributed by atoms with Gasteiger partial charge < -0.3 is 19.1 Å². The number of carbonyl (C=O) groups excluding carboxylic acids is 1. The van der Waals surface area contributed by atoms with Crippen LogP contribution in [0.5, 0.6) is 0 Å². The molecule has 0 spiro atoms. The molecule has 5 nitrogen and oxygen atoms in total. The third-order valence-corrected chi connectivity index (χ3v) is 4.05. The number of urea groups is 1. The first-order valence-electron chi connectivity index (χ1n) is 7.17. The molecule has 2 heterocycles. The van der Waals surface area contributed by atoms with Gasteiger partial charge >= 0.3 is 6.03 Å². The number of benzene rings is 1. The number of hydrogen-bond acceptors (Lipinski definition) is 3. The molecule has 3 aromatic rings. The van der Waals surface area contributed by atoms with Crippen molar-refractivity contribution < 1.29 is 13.6 Å². The number of anilines is 1. The number of rotatable bonds is 5. The van der Waals surface area contributed by atoms with Gasteiger partial charge in [-0.15, -0.1) is 0 Å². The fraction of sp³-hybridized carbons (Fsp3) is 0.118. The van der Waals surface area contributed by atoms with Crippen LogP contribution in [0.1, 0.15) is 11.5 Å². The van der Waals surface area contributed by atoms with Crippen molar-refractivity contribution in [3.05, 3.63) is 76.6 Å². The molecule has 0 aliphatic carbocycles. The summed E-state index contributed by atoms with van der Waals surface area (Å²) in [5.74, 6) is 1.34. The lowest BCUT2D eigenvalue weighted by molar-refractivity contribution is 0.195. The van der Waals surface area contributed by atoms with Crippen molar-refractivity contribution in [3.63, 3.8) is 0 Å². The molecule has 7 heteroatoms. The fourth-order valence-corrected chi connectivity index (χ4v) is 2.46. The average Bonchev–Trinajstić information content (AvgIpc) is 3.24. The Kier molecular flexibility index (Phi) is 5.13. The van der Waals surface area contributed by atoms with Crippen molar-refractivity contribution in [3.8, 4) is 0 Å². The van der Waals surface area contributed by atoms with E-state index in [9.17, 15) is 4.79 Å². The highest BCUT2D eigenvalue weighted by molar-refractivity contribution is 6.42. The summed E-state index contributed by atoms with van der Waals surface area (Å²) in [4.78, 5) is 14.2. The first-order chi connectivity index (χ1) is 11.6. The van der Waals surface area contributed by atoms with E-state index in [1.807, 2.05) is 12.1 Å². The molecule has 2 aromatic heterocycles. The highest BCUT2D eigenvalue weighted by atomic mass is 35.5. The standard InChI is InChI=1S/C17H14Cl2N2O3/c18-15-6-5-12(9-16(15)19)20-17(22)21(10-13-3-1-7-23-13)11-14-4-2-8-24-14/h1-9H,10-11H2,(H,20,22). The van der Waals surface area contributed by atoms with Gasteiger partial charge in [-0.25, -0.2) is 4.79 Å². The van der Waals surface area contributed by atoms with Crippen molar-refractivity contribution >= 4 is 34.9 Å². The smallest absolute Gasteiger partial charge is 0.322 e. The summed E-state index contributed by atoms with van der Waals surface area (Å²) in [7, 11) is 0. The summed E-state index contributed by atoms with van der Waals surface area (Å²) in [5, 5.41) is 3.60. The quantitative estimate of drug-likeness (QED) is 0.657. The molecule has 0 radical (unpaired) electrons. The molecule has 2 amide bonds. The monoisotopic (exact) mass is 364 g/mol. The van der Waals surface area contributed by atoms with Gasteiger partial charge in [0.2, 0.25) is 0 Å². The summed E-state index contributed by atoms with van der Waals surface area (Å²) < 4.78 is 10.7. The first-order valence-corrected chi connectivity index (χ1v) is 7.93. The van der Waals surface area contributed by atoms with Crippen molar-refractivity contribution in [1.29, 1.82) is 0 Å². The number of nitrogens with one attached hydrogen (secondary N) is 1. The minimum atomic E-state index is -0.304. The van der Waals surface area contributed by atoms with Gasteiger partial charge in [0.1, 0.15) is 11.5 Å². The maximum Gasteiger partial charge on any atom is 0.322 e. The van der Waals surface area contributed by atoms with Crippen molar-refractivity contribution in [2.45, 2.75) is 13.1 Å². The maximum absolute atomic E-state index is 12.6. The molecule has 1 N–H and O–H groups in total. The molecular weight excluding hydrogens is 351 g/mol. The topological polar surface area (TPSA) is 58.6 Å². The molecule has 0 unspecified atom stereocenters. The molecule has 3 rings (SSSR count). The second kappa shape index (κ2) is 7.47. The third kappa shape index (κ3) is 4.13. The summed E-state index contributed by atoms with van der Waals surface area (Å²) in [6.07, 6.45) is 3.13. The van der Waals surface area contributed by atoms with Gasteiger partial charge in [0.25, 0.3) is 0 Å². The summed E-state index contributed by atoms with van der Waals surface area (Å²) in [6.45, 7) is 0.613. The summed E-state index contributed by atoms with van der Waals surface area (Å²) >= 11 is 11.9. The molecule has 0 aliphatic heterocycles. The zero-order chi connectivity index (χ0) is 16.9. The number of carbonyl (C=O) groups is 1. The molecule has 0 saturated carbocycles. The molecular formula is C17H14Cl2N2O3. The fourth-order valence-electron chi connectivity index (χ4n) is 2.16. The Hall–Kier alpha value is -2.37. The van der Waals surface area contributed by atoms with E-state index >= 15 is 0 Å². The van der Waals surface area contributed by atoms with E-state index in [-0.39, 0.29) is 6.03 Å². The Bertz CT molecular complexity index is 765. The molecule has 0 bridgehead atoms. The van der Waals surface area contributed by atoms with E-state index in [1.165, 1.54) is 0 Å². The van der Waals surface area contributed by atoms with Crippen LogP contribution in [0.3, 0.4) is 0 Å². The molecule has 24 heavy (non-hydrogen) atoms. The summed E-state index contributed by atoms with van der Waals surface area (Å²) in [6, 6.07) is 11.8. The Morgan fingerprint density at radius 3 is 2.08 bits per heavy atom. The van der Waals surface area contributed by atoms with Crippen LogP contribution in [-0.2, 0) is 13.1 Å². The molecule has 0 fully saturated rings. The van der Waals surface area contributed by atoms with Crippen molar-refractivity contribution in [1.82, 2.24) is 4.90 Å². The van der Waals surface area contributed by atoms with Crippen LogP contribution in [0.2, 0.25) is 10.0 Å². The SMILES string of the molecule is O=C(Nc1ccc(Cl)c(Cl)c1)N(Cc1ccco1)Cc1ccco1. The average molecular weight is 365 g/mol. The van der Waals surface area contributed by atoms with E-state index in [0.717, 1.165) is 0 Å². The van der Waals surface area contributed by atoms with E-state index in [2.05, 4.69) is 5.32 Å².